The number of anilines is 3. The maximum absolute atomic E-state index is 12.0. The van der Waals surface area contributed by atoms with Gasteiger partial charge in [-0.25, -0.2) is 18.4 Å². The van der Waals surface area contributed by atoms with Crippen LogP contribution in [0.25, 0.3) is 11.3 Å². The standard InChI is InChI=1S/C21H21N5O5S/c1-12-6-20(26-21(7-12)32(3,28)29)25-16-9-19(24-13(2)27)23-10-14(16)15-8-17-18(11-22-15)31-5-4-30-17/h6-11H,4-5H2,1-3H3,(H2,23,24,25,26,27). The Morgan fingerprint density at radius 3 is 2.47 bits per heavy atom. The van der Waals surface area contributed by atoms with E-state index in [1.807, 2.05) is 0 Å². The molecule has 166 valence electrons. The van der Waals surface area contributed by atoms with Gasteiger partial charge in [0.25, 0.3) is 0 Å². The van der Waals surface area contributed by atoms with Crippen molar-refractivity contribution in [2.45, 2.75) is 18.9 Å². The first-order valence-corrected chi connectivity index (χ1v) is 11.6. The van der Waals surface area contributed by atoms with Crippen LogP contribution in [0.5, 0.6) is 11.5 Å². The van der Waals surface area contributed by atoms with Crippen LogP contribution in [-0.2, 0) is 14.6 Å². The number of fused-ring (bicyclic) bond motifs is 1. The average molecular weight is 455 g/mol. The van der Waals surface area contributed by atoms with Crippen molar-refractivity contribution < 1.29 is 22.7 Å². The molecule has 0 atom stereocenters. The second kappa shape index (κ2) is 8.42. The highest BCUT2D eigenvalue weighted by atomic mass is 32.2. The van der Waals surface area contributed by atoms with Gasteiger partial charge in [0, 0.05) is 37.1 Å². The van der Waals surface area contributed by atoms with Crippen molar-refractivity contribution in [2.75, 3.05) is 30.1 Å². The lowest BCUT2D eigenvalue weighted by Gasteiger charge is -2.19. The lowest BCUT2D eigenvalue weighted by Crippen LogP contribution is -2.15. The first-order valence-electron chi connectivity index (χ1n) is 9.68. The molecule has 4 rings (SSSR count). The second-order valence-corrected chi connectivity index (χ2v) is 9.24. The van der Waals surface area contributed by atoms with Gasteiger partial charge in [-0.05, 0) is 24.6 Å². The van der Waals surface area contributed by atoms with Gasteiger partial charge in [0.05, 0.1) is 17.6 Å². The average Bonchev–Trinajstić information content (AvgIpc) is 2.72. The Kier molecular flexibility index (Phi) is 5.66. The number of carbonyl (C=O) groups excluding carboxylic acids is 1. The Bertz CT molecular complexity index is 1310. The van der Waals surface area contributed by atoms with E-state index in [2.05, 4.69) is 25.6 Å². The Morgan fingerprint density at radius 1 is 1.00 bits per heavy atom. The molecule has 11 heteroatoms. The molecule has 0 unspecified atom stereocenters. The van der Waals surface area contributed by atoms with Crippen LogP contribution >= 0.6 is 0 Å². The smallest absolute Gasteiger partial charge is 0.222 e. The van der Waals surface area contributed by atoms with Gasteiger partial charge < -0.3 is 20.1 Å². The second-order valence-electron chi connectivity index (χ2n) is 7.27. The van der Waals surface area contributed by atoms with E-state index in [4.69, 9.17) is 9.47 Å². The maximum atomic E-state index is 12.0. The van der Waals surface area contributed by atoms with Gasteiger partial charge in [-0.15, -0.1) is 0 Å². The fourth-order valence-corrected chi connectivity index (χ4v) is 3.80. The number of nitrogens with zero attached hydrogens (tertiary/aromatic N) is 3. The molecule has 0 spiro atoms. The molecule has 0 bridgehead atoms. The molecule has 0 aromatic carbocycles. The van der Waals surface area contributed by atoms with Crippen molar-refractivity contribution in [3.8, 4) is 22.8 Å². The third kappa shape index (κ3) is 4.78. The highest BCUT2D eigenvalue weighted by Crippen LogP contribution is 2.36. The summed E-state index contributed by atoms with van der Waals surface area (Å²) in [7, 11) is -3.50. The predicted molar refractivity (Wildman–Crippen MR) is 118 cm³/mol. The minimum Gasteiger partial charge on any atom is -0.486 e. The molecule has 0 saturated carbocycles. The number of carbonyl (C=O) groups is 1. The van der Waals surface area contributed by atoms with Crippen LogP contribution in [0, 0.1) is 6.92 Å². The van der Waals surface area contributed by atoms with E-state index in [0.717, 1.165) is 11.8 Å². The lowest BCUT2D eigenvalue weighted by molar-refractivity contribution is -0.114. The summed E-state index contributed by atoms with van der Waals surface area (Å²) in [5.41, 5.74) is 2.39. The summed E-state index contributed by atoms with van der Waals surface area (Å²) in [6, 6.07) is 6.58. The molecule has 2 N–H and O–H groups in total. The molecule has 0 radical (unpaired) electrons. The van der Waals surface area contributed by atoms with Crippen LogP contribution in [0.4, 0.5) is 17.3 Å². The fourth-order valence-electron chi connectivity index (χ4n) is 3.14. The number of rotatable bonds is 5. The number of pyridine rings is 3. The first-order chi connectivity index (χ1) is 15.2. The Morgan fingerprint density at radius 2 is 1.75 bits per heavy atom. The molecule has 3 aromatic rings. The number of hydrogen-bond acceptors (Lipinski definition) is 9. The summed E-state index contributed by atoms with van der Waals surface area (Å²) < 4.78 is 35.2. The monoisotopic (exact) mass is 455 g/mol. The van der Waals surface area contributed by atoms with Crippen LogP contribution in [0.15, 0.2) is 41.7 Å². The molecule has 10 nitrogen and oxygen atoms in total. The summed E-state index contributed by atoms with van der Waals surface area (Å²) in [5, 5.41) is 5.73. The third-order valence-corrected chi connectivity index (χ3v) is 5.47. The van der Waals surface area contributed by atoms with E-state index in [1.165, 1.54) is 13.0 Å². The summed E-state index contributed by atoms with van der Waals surface area (Å²) >= 11 is 0. The molecule has 3 aromatic heterocycles. The normalized spacial score (nSPS) is 12.8. The van der Waals surface area contributed by atoms with Crippen molar-refractivity contribution in [2.24, 2.45) is 0 Å². The van der Waals surface area contributed by atoms with Gasteiger partial charge in [0.15, 0.2) is 26.4 Å². The molecular formula is C21H21N5O5S. The Balaban J connectivity index is 1.79. The molecule has 0 saturated heterocycles. The van der Waals surface area contributed by atoms with Gasteiger partial charge in [0.1, 0.15) is 24.8 Å². The molecular weight excluding hydrogens is 434 g/mol. The third-order valence-electron chi connectivity index (χ3n) is 4.50. The lowest BCUT2D eigenvalue weighted by atomic mass is 10.1. The molecule has 0 aliphatic carbocycles. The zero-order valence-electron chi connectivity index (χ0n) is 17.7. The number of amides is 1. The summed E-state index contributed by atoms with van der Waals surface area (Å²) in [6.07, 6.45) is 4.23. The van der Waals surface area contributed by atoms with E-state index in [1.54, 1.807) is 37.5 Å². The molecule has 32 heavy (non-hydrogen) atoms. The molecule has 0 fully saturated rings. The van der Waals surface area contributed by atoms with Crippen molar-refractivity contribution >= 4 is 33.1 Å². The van der Waals surface area contributed by atoms with Crippen molar-refractivity contribution in [1.82, 2.24) is 15.0 Å². The number of sulfone groups is 1. The van der Waals surface area contributed by atoms with Crippen LogP contribution < -0.4 is 20.1 Å². The van der Waals surface area contributed by atoms with Crippen molar-refractivity contribution in [3.05, 3.63) is 42.2 Å². The van der Waals surface area contributed by atoms with Gasteiger partial charge in [-0.2, -0.15) is 0 Å². The van der Waals surface area contributed by atoms with Crippen LogP contribution in [0.3, 0.4) is 0 Å². The van der Waals surface area contributed by atoms with Gasteiger partial charge in [-0.3, -0.25) is 9.78 Å². The Hall–Kier alpha value is -3.73. The van der Waals surface area contributed by atoms with Crippen LogP contribution in [-0.4, -0.2) is 48.7 Å². The fraction of sp³-hybridized carbons (Fsp3) is 0.238. The Labute approximate surface area is 185 Å². The number of aryl methyl sites for hydroxylation is 1. The van der Waals surface area contributed by atoms with E-state index in [-0.39, 0.29) is 10.9 Å². The zero-order valence-corrected chi connectivity index (χ0v) is 18.5. The number of nitrogens with one attached hydrogen (secondary N) is 2. The zero-order chi connectivity index (χ0) is 22.9. The number of hydrogen-bond donors (Lipinski definition) is 2. The summed E-state index contributed by atoms with van der Waals surface area (Å²) in [6.45, 7) is 4.05. The van der Waals surface area contributed by atoms with E-state index in [9.17, 15) is 13.2 Å². The molecule has 1 amide bonds. The van der Waals surface area contributed by atoms with Gasteiger partial charge >= 0.3 is 0 Å². The van der Waals surface area contributed by atoms with Gasteiger partial charge in [0.2, 0.25) is 5.91 Å². The SMILES string of the molecule is CC(=O)Nc1cc(Nc2cc(C)cc(S(C)(=O)=O)n2)c(-c2cc3c(cn2)OCCO3)cn1. The van der Waals surface area contributed by atoms with Crippen LogP contribution in [0.1, 0.15) is 12.5 Å². The van der Waals surface area contributed by atoms with Crippen molar-refractivity contribution in [1.29, 1.82) is 0 Å². The minimum atomic E-state index is -3.50. The molecule has 1 aliphatic rings. The highest BCUT2D eigenvalue weighted by molar-refractivity contribution is 7.90. The topological polar surface area (TPSA) is 132 Å². The quantitative estimate of drug-likeness (QED) is 0.596. The number of ether oxygens (including phenoxy) is 2. The maximum Gasteiger partial charge on any atom is 0.222 e. The van der Waals surface area contributed by atoms with Crippen molar-refractivity contribution in [3.63, 3.8) is 0 Å². The predicted octanol–water partition coefficient (Wildman–Crippen LogP) is 2.72. The van der Waals surface area contributed by atoms with E-state index in [0.29, 0.717) is 53.3 Å². The highest BCUT2D eigenvalue weighted by Gasteiger charge is 2.18. The van der Waals surface area contributed by atoms with Crippen LogP contribution in [0.2, 0.25) is 0 Å². The number of aromatic nitrogens is 3. The first kappa shape index (κ1) is 21.5. The summed E-state index contributed by atoms with van der Waals surface area (Å²) in [4.78, 5) is 24.5. The largest absolute Gasteiger partial charge is 0.486 e. The summed E-state index contributed by atoms with van der Waals surface area (Å²) in [5.74, 6) is 1.48. The molecule has 1 aliphatic heterocycles. The van der Waals surface area contributed by atoms with Gasteiger partial charge in [-0.1, -0.05) is 0 Å². The van der Waals surface area contributed by atoms with E-state index >= 15 is 0 Å². The minimum absolute atomic E-state index is 0.0462. The molecule has 4 heterocycles. The van der Waals surface area contributed by atoms with E-state index < -0.39 is 9.84 Å².